The summed E-state index contributed by atoms with van der Waals surface area (Å²) in [6.07, 6.45) is 11.9. The van der Waals surface area contributed by atoms with Crippen molar-refractivity contribution in [1.29, 1.82) is 0 Å². The monoisotopic (exact) mass is 580 g/mol. The largest absolute Gasteiger partial charge is 0.431 e. The van der Waals surface area contributed by atoms with E-state index in [1.54, 1.807) is 12.2 Å². The zero-order valence-electron chi connectivity index (χ0n) is 27.2. The van der Waals surface area contributed by atoms with Crippen LogP contribution in [0.1, 0.15) is 128 Å². The molecule has 2 rings (SSSR count). The van der Waals surface area contributed by atoms with Crippen LogP contribution in [0.5, 0.6) is 0 Å². The lowest BCUT2D eigenvalue weighted by Crippen LogP contribution is -2.33. The summed E-state index contributed by atoms with van der Waals surface area (Å²) in [5.74, 6) is 0.663. The molecular formula is C35H64O6. The van der Waals surface area contributed by atoms with Gasteiger partial charge in [-0.2, -0.15) is 0 Å². The fourth-order valence-corrected chi connectivity index (χ4v) is 5.23. The molecule has 2 heterocycles. The fraction of sp³-hybridized carbons (Fsp3) is 0.771. The highest BCUT2D eigenvalue weighted by Crippen LogP contribution is 2.28. The fourth-order valence-electron chi connectivity index (χ4n) is 5.23. The van der Waals surface area contributed by atoms with Crippen LogP contribution < -0.4 is 0 Å². The van der Waals surface area contributed by atoms with Gasteiger partial charge in [-0.15, -0.1) is 0 Å². The molecule has 0 radical (unpaired) electrons. The van der Waals surface area contributed by atoms with E-state index in [1.165, 1.54) is 0 Å². The number of aliphatic hydroxyl groups excluding tert-OH is 1. The lowest BCUT2D eigenvalue weighted by molar-refractivity contribution is -0.202. The lowest BCUT2D eigenvalue weighted by atomic mass is 9.84. The predicted molar refractivity (Wildman–Crippen MR) is 171 cm³/mol. The number of ketones is 1. The van der Waals surface area contributed by atoms with E-state index in [9.17, 15) is 14.7 Å². The first-order valence-corrected chi connectivity index (χ1v) is 15.9. The molecule has 0 bridgehead atoms. The smallest absolute Gasteiger partial charge is 0.313 e. The third-order valence-electron chi connectivity index (χ3n) is 7.43. The molecule has 0 amide bonds. The molecule has 41 heavy (non-hydrogen) atoms. The molecule has 7 unspecified atom stereocenters. The second-order valence-electron chi connectivity index (χ2n) is 10.8. The van der Waals surface area contributed by atoms with Gasteiger partial charge in [0.15, 0.2) is 12.1 Å². The van der Waals surface area contributed by atoms with Crippen LogP contribution in [0, 0.1) is 23.7 Å². The Morgan fingerprint density at radius 2 is 1.66 bits per heavy atom. The molecule has 6 heteroatoms. The van der Waals surface area contributed by atoms with Gasteiger partial charge in [0.05, 0.1) is 31.2 Å². The number of allylic oxidation sites excluding steroid dienone is 4. The van der Waals surface area contributed by atoms with E-state index in [2.05, 4.69) is 27.7 Å². The highest BCUT2D eigenvalue weighted by atomic mass is 16.7. The molecule has 1 N–H and O–H groups in total. The van der Waals surface area contributed by atoms with Gasteiger partial charge in [0, 0.05) is 12.3 Å². The average Bonchev–Trinajstić information content (AvgIpc) is 2.94. The van der Waals surface area contributed by atoms with Crippen LogP contribution >= 0.6 is 0 Å². The Bertz CT molecular complexity index is 788. The minimum Gasteiger partial charge on any atom is -0.431 e. The molecule has 0 aliphatic carbocycles. The van der Waals surface area contributed by atoms with E-state index in [-0.39, 0.29) is 50.5 Å². The maximum absolute atomic E-state index is 13.0. The standard InChI is InChI=1S/C30H48O6.2C2H6.CH4/c1-7-23-11-12-26(31)18-29(33)36-28(9-3)25(19-34-30-16-21(5)14-22(6)35-30)15-20(4)10-13-27(32)24(8-2)17-23;2*1-2;/h9-10,13,15,21-26,30-31H,7-8,11-12,14,16-19H2,1-6H3;2*1-2H3;1H4/b13-10+,20-15+,28-9-;;;. The molecule has 0 aromatic carbocycles. The molecule has 7 atom stereocenters. The molecule has 0 aromatic rings. The number of ether oxygens (including phenoxy) is 3. The van der Waals surface area contributed by atoms with Crippen molar-refractivity contribution >= 4 is 11.8 Å². The van der Waals surface area contributed by atoms with Gasteiger partial charge in [0.1, 0.15) is 5.76 Å². The second kappa shape index (κ2) is 23.8. The third-order valence-corrected chi connectivity index (χ3v) is 7.43. The Morgan fingerprint density at radius 1 is 1.00 bits per heavy atom. The van der Waals surface area contributed by atoms with Gasteiger partial charge in [0.25, 0.3) is 0 Å². The van der Waals surface area contributed by atoms with Crippen molar-refractivity contribution in [3.05, 3.63) is 35.6 Å². The van der Waals surface area contributed by atoms with Crippen molar-refractivity contribution in [2.75, 3.05) is 6.61 Å². The Labute approximate surface area is 253 Å². The molecule has 2 aliphatic rings. The summed E-state index contributed by atoms with van der Waals surface area (Å²) in [4.78, 5) is 25.7. The van der Waals surface area contributed by atoms with E-state index in [4.69, 9.17) is 14.2 Å². The van der Waals surface area contributed by atoms with E-state index >= 15 is 0 Å². The summed E-state index contributed by atoms with van der Waals surface area (Å²) in [6.45, 7) is 20.5. The van der Waals surface area contributed by atoms with Crippen molar-refractivity contribution < 1.29 is 28.9 Å². The molecule has 2 aliphatic heterocycles. The Balaban J connectivity index is 0. The van der Waals surface area contributed by atoms with Gasteiger partial charge in [0.2, 0.25) is 0 Å². The summed E-state index contributed by atoms with van der Waals surface area (Å²) in [5.41, 5.74) is 0.896. The van der Waals surface area contributed by atoms with Crippen LogP contribution in [0.2, 0.25) is 0 Å². The first-order chi connectivity index (χ1) is 19.1. The summed E-state index contributed by atoms with van der Waals surface area (Å²) in [7, 11) is 0. The lowest BCUT2D eigenvalue weighted by Gasteiger charge is -2.32. The van der Waals surface area contributed by atoms with Crippen LogP contribution in [0.25, 0.3) is 0 Å². The van der Waals surface area contributed by atoms with E-state index in [1.807, 2.05) is 53.7 Å². The van der Waals surface area contributed by atoms with Crippen molar-refractivity contribution in [1.82, 2.24) is 0 Å². The second-order valence-corrected chi connectivity index (χ2v) is 10.8. The van der Waals surface area contributed by atoms with E-state index in [0.29, 0.717) is 24.0 Å². The number of carbonyl (C=O) groups is 2. The molecule has 1 fully saturated rings. The quantitative estimate of drug-likeness (QED) is 0.327. The van der Waals surface area contributed by atoms with Crippen LogP contribution in [-0.4, -0.2) is 42.0 Å². The zero-order valence-corrected chi connectivity index (χ0v) is 27.2. The maximum Gasteiger partial charge on any atom is 0.313 e. The highest BCUT2D eigenvalue weighted by Gasteiger charge is 2.27. The minimum absolute atomic E-state index is 0. The molecule has 0 aromatic heterocycles. The number of hydrogen-bond donors (Lipinski definition) is 1. The number of cyclic esters (lactones) is 1. The van der Waals surface area contributed by atoms with Crippen molar-refractivity contribution in [2.45, 2.75) is 147 Å². The molecule has 0 saturated carbocycles. The van der Waals surface area contributed by atoms with Crippen molar-refractivity contribution in [3.63, 3.8) is 0 Å². The maximum atomic E-state index is 13.0. The number of rotatable bonds is 5. The topological polar surface area (TPSA) is 82.1 Å². The SMILES string of the molecule is C.C/C=C1\OC(=O)CC(O)CCC(CC)CC(CC)C(=O)/C=C/C(C)=C/C1COC1CC(C)CC(C)O1.CC.CC. The van der Waals surface area contributed by atoms with Crippen molar-refractivity contribution in [3.8, 4) is 0 Å². The Hall–Kier alpha value is -1.76. The van der Waals surface area contributed by atoms with Gasteiger partial charge < -0.3 is 19.3 Å². The predicted octanol–water partition coefficient (Wildman–Crippen LogP) is 8.97. The van der Waals surface area contributed by atoms with Gasteiger partial charge in [-0.25, -0.2) is 0 Å². The molecule has 1 saturated heterocycles. The first-order valence-electron chi connectivity index (χ1n) is 15.9. The summed E-state index contributed by atoms with van der Waals surface area (Å²) in [5, 5.41) is 10.5. The van der Waals surface area contributed by atoms with Crippen LogP contribution in [0.15, 0.2) is 35.6 Å². The van der Waals surface area contributed by atoms with Gasteiger partial charge >= 0.3 is 5.97 Å². The van der Waals surface area contributed by atoms with E-state index < -0.39 is 12.1 Å². The number of esters is 1. The molecular weight excluding hydrogens is 516 g/mol. The first kappa shape index (κ1) is 41.4. The minimum atomic E-state index is -0.765. The van der Waals surface area contributed by atoms with Crippen LogP contribution in [0.4, 0.5) is 0 Å². The summed E-state index contributed by atoms with van der Waals surface area (Å²) >= 11 is 0. The summed E-state index contributed by atoms with van der Waals surface area (Å²) < 4.78 is 17.8. The zero-order chi connectivity index (χ0) is 30.7. The van der Waals surface area contributed by atoms with Crippen LogP contribution in [0.3, 0.4) is 0 Å². The molecule has 0 spiro atoms. The number of hydrogen-bond acceptors (Lipinski definition) is 6. The Morgan fingerprint density at radius 3 is 2.22 bits per heavy atom. The molecule has 6 nitrogen and oxygen atoms in total. The number of aliphatic hydroxyl groups is 1. The average molecular weight is 581 g/mol. The van der Waals surface area contributed by atoms with Gasteiger partial charge in [-0.05, 0) is 76.9 Å². The highest BCUT2D eigenvalue weighted by molar-refractivity contribution is 5.92. The summed E-state index contributed by atoms with van der Waals surface area (Å²) in [6, 6.07) is 0. The Kier molecular flexibility index (Phi) is 24.0. The van der Waals surface area contributed by atoms with Gasteiger partial charge in [-0.1, -0.05) is 80.0 Å². The third kappa shape index (κ3) is 16.5. The van der Waals surface area contributed by atoms with Crippen LogP contribution in [-0.2, 0) is 23.8 Å². The molecule has 240 valence electrons. The van der Waals surface area contributed by atoms with Gasteiger partial charge in [-0.3, -0.25) is 9.59 Å². The number of carbonyl (C=O) groups excluding carboxylic acids is 2. The normalized spacial score (nSPS) is 33.0. The van der Waals surface area contributed by atoms with Crippen molar-refractivity contribution in [2.24, 2.45) is 23.7 Å². The van der Waals surface area contributed by atoms with E-state index in [0.717, 1.165) is 44.1 Å².